The predicted octanol–water partition coefficient (Wildman–Crippen LogP) is 1.23. The van der Waals surface area contributed by atoms with Gasteiger partial charge in [0.25, 0.3) is 5.91 Å². The van der Waals surface area contributed by atoms with E-state index in [9.17, 15) is 4.79 Å². The summed E-state index contributed by atoms with van der Waals surface area (Å²) in [6.07, 6.45) is 0. The molecule has 1 amide bonds. The second kappa shape index (κ2) is 4.77. The van der Waals surface area contributed by atoms with E-state index < -0.39 is 0 Å². The second-order valence-electron chi connectivity index (χ2n) is 3.09. The molecule has 0 atom stereocenters. The minimum Gasteiger partial charge on any atom is -0.272 e. The summed E-state index contributed by atoms with van der Waals surface area (Å²) in [6, 6.07) is 10.6. The van der Waals surface area contributed by atoms with Crippen LogP contribution in [0.2, 0.25) is 0 Å². The van der Waals surface area contributed by atoms with Crippen molar-refractivity contribution in [2.45, 2.75) is 6.92 Å². The molecule has 2 radical (unpaired) electrons. The Balaban J connectivity index is 2.84. The number of hydrogen-bond acceptors (Lipinski definition) is 2. The molecule has 0 aliphatic rings. The van der Waals surface area contributed by atoms with Gasteiger partial charge in [0.05, 0.1) is 0 Å². The predicted molar refractivity (Wildman–Crippen MR) is 54.5 cm³/mol. The van der Waals surface area contributed by atoms with Crippen LogP contribution in [0.4, 0.5) is 0 Å². The lowest BCUT2D eigenvalue weighted by atomic mass is 10.2. The van der Waals surface area contributed by atoms with Crippen LogP contribution in [0.15, 0.2) is 18.2 Å². The molecule has 0 aliphatic carbocycles. The topological polar surface area (TPSA) is 23.6 Å². The molecular formula is C11H14N2O. The Labute approximate surface area is 84.9 Å². The molecule has 0 saturated carbocycles. The van der Waals surface area contributed by atoms with Crippen LogP contribution in [-0.2, 0) is 0 Å². The SMILES string of the molecule is CCN(C(=O)c1c[c][c]cc1)N(C)C. The summed E-state index contributed by atoms with van der Waals surface area (Å²) in [4.78, 5) is 11.9. The van der Waals surface area contributed by atoms with Crippen LogP contribution >= 0.6 is 0 Å². The van der Waals surface area contributed by atoms with Crippen molar-refractivity contribution in [2.75, 3.05) is 20.6 Å². The van der Waals surface area contributed by atoms with Crippen molar-refractivity contribution in [1.82, 2.24) is 10.0 Å². The fourth-order valence-electron chi connectivity index (χ4n) is 1.24. The lowest BCUT2D eigenvalue weighted by Gasteiger charge is -2.27. The van der Waals surface area contributed by atoms with Gasteiger partial charge in [0.15, 0.2) is 0 Å². The van der Waals surface area contributed by atoms with Gasteiger partial charge in [-0.3, -0.25) is 9.80 Å². The molecule has 0 N–H and O–H groups in total. The van der Waals surface area contributed by atoms with E-state index in [0.29, 0.717) is 12.1 Å². The molecule has 14 heavy (non-hydrogen) atoms. The lowest BCUT2D eigenvalue weighted by Crippen LogP contribution is -2.41. The third-order valence-electron chi connectivity index (χ3n) is 1.92. The van der Waals surface area contributed by atoms with E-state index in [1.807, 2.05) is 21.0 Å². The summed E-state index contributed by atoms with van der Waals surface area (Å²) in [5.41, 5.74) is 0.638. The number of amides is 1. The summed E-state index contributed by atoms with van der Waals surface area (Å²) in [5.74, 6) is -0.0113. The molecule has 1 rings (SSSR count). The molecule has 0 fully saturated rings. The number of nitrogens with zero attached hydrogens (tertiary/aromatic N) is 2. The monoisotopic (exact) mass is 190 g/mol. The molecule has 0 aromatic heterocycles. The summed E-state index contributed by atoms with van der Waals surface area (Å²) in [7, 11) is 3.69. The molecule has 0 saturated heterocycles. The maximum atomic E-state index is 11.9. The number of carbonyl (C=O) groups excluding carboxylic acids is 1. The number of benzene rings is 1. The molecule has 0 spiro atoms. The molecular weight excluding hydrogens is 176 g/mol. The van der Waals surface area contributed by atoms with E-state index >= 15 is 0 Å². The maximum absolute atomic E-state index is 11.9. The van der Waals surface area contributed by atoms with Crippen LogP contribution in [0.3, 0.4) is 0 Å². The first-order chi connectivity index (χ1) is 6.66. The summed E-state index contributed by atoms with van der Waals surface area (Å²) in [6.45, 7) is 2.60. The van der Waals surface area contributed by atoms with Gasteiger partial charge in [0.2, 0.25) is 0 Å². The first-order valence-electron chi connectivity index (χ1n) is 4.53. The Kier molecular flexibility index (Phi) is 3.65. The van der Waals surface area contributed by atoms with E-state index in [0.717, 1.165) is 0 Å². The highest BCUT2D eigenvalue weighted by molar-refractivity contribution is 5.93. The molecule has 0 heterocycles. The Morgan fingerprint density at radius 2 is 2.14 bits per heavy atom. The molecule has 3 nitrogen and oxygen atoms in total. The second-order valence-corrected chi connectivity index (χ2v) is 3.09. The summed E-state index contributed by atoms with van der Waals surface area (Å²) in [5, 5.41) is 3.43. The number of hydrazine groups is 1. The fraction of sp³-hybridized carbons (Fsp3) is 0.364. The van der Waals surface area contributed by atoms with Gasteiger partial charge in [0, 0.05) is 26.2 Å². The standard InChI is InChI=1S/C11H14N2O/c1-4-13(12(2)3)11(14)10-8-6-5-7-9-10/h6,8-9H,4H2,1-3H3. The molecule has 0 bridgehead atoms. The van der Waals surface area contributed by atoms with Crippen molar-refractivity contribution in [3.8, 4) is 0 Å². The maximum Gasteiger partial charge on any atom is 0.268 e. The normalized spacial score (nSPS) is 10.3. The quantitative estimate of drug-likeness (QED) is 0.669. The van der Waals surface area contributed by atoms with Crippen molar-refractivity contribution < 1.29 is 4.79 Å². The zero-order valence-corrected chi connectivity index (χ0v) is 8.74. The van der Waals surface area contributed by atoms with Crippen LogP contribution < -0.4 is 0 Å². The van der Waals surface area contributed by atoms with Crippen LogP contribution in [0.1, 0.15) is 17.3 Å². The van der Waals surface area contributed by atoms with Crippen LogP contribution in [-0.4, -0.2) is 36.6 Å². The Bertz CT molecular complexity index is 295. The largest absolute Gasteiger partial charge is 0.272 e. The summed E-state index contributed by atoms with van der Waals surface area (Å²) >= 11 is 0. The average Bonchev–Trinajstić information content (AvgIpc) is 2.19. The Hall–Kier alpha value is -1.35. The van der Waals surface area contributed by atoms with Gasteiger partial charge in [-0.05, 0) is 31.2 Å². The van der Waals surface area contributed by atoms with E-state index in [1.165, 1.54) is 0 Å². The zero-order chi connectivity index (χ0) is 10.6. The number of hydrogen-bond donors (Lipinski definition) is 0. The van der Waals surface area contributed by atoms with E-state index in [2.05, 4.69) is 12.1 Å². The average molecular weight is 190 g/mol. The smallest absolute Gasteiger partial charge is 0.268 e. The molecule has 0 aliphatic heterocycles. The molecule has 0 unspecified atom stereocenters. The minimum atomic E-state index is -0.0113. The van der Waals surface area contributed by atoms with Crippen molar-refractivity contribution in [1.29, 1.82) is 0 Å². The van der Waals surface area contributed by atoms with Crippen LogP contribution in [0, 0.1) is 12.1 Å². The van der Waals surface area contributed by atoms with Gasteiger partial charge in [-0.1, -0.05) is 6.07 Å². The van der Waals surface area contributed by atoms with E-state index in [4.69, 9.17) is 0 Å². The zero-order valence-electron chi connectivity index (χ0n) is 8.74. The first-order valence-corrected chi connectivity index (χ1v) is 4.53. The van der Waals surface area contributed by atoms with Crippen molar-refractivity contribution in [3.63, 3.8) is 0 Å². The number of rotatable bonds is 3. The molecule has 1 aromatic carbocycles. The fourth-order valence-corrected chi connectivity index (χ4v) is 1.24. The Morgan fingerprint density at radius 1 is 1.43 bits per heavy atom. The number of carbonyl (C=O) groups is 1. The Morgan fingerprint density at radius 3 is 2.57 bits per heavy atom. The van der Waals surface area contributed by atoms with E-state index in [1.54, 1.807) is 28.2 Å². The molecule has 1 aromatic rings. The van der Waals surface area contributed by atoms with Crippen LogP contribution in [0.5, 0.6) is 0 Å². The van der Waals surface area contributed by atoms with Gasteiger partial charge < -0.3 is 0 Å². The first kappa shape index (κ1) is 10.7. The minimum absolute atomic E-state index is 0.0113. The van der Waals surface area contributed by atoms with Crippen molar-refractivity contribution in [2.24, 2.45) is 0 Å². The molecule has 3 heteroatoms. The van der Waals surface area contributed by atoms with Gasteiger partial charge in [-0.15, -0.1) is 0 Å². The van der Waals surface area contributed by atoms with Gasteiger partial charge >= 0.3 is 0 Å². The third-order valence-corrected chi connectivity index (χ3v) is 1.92. The summed E-state index contributed by atoms with van der Waals surface area (Å²) < 4.78 is 0. The van der Waals surface area contributed by atoms with Crippen LogP contribution in [0.25, 0.3) is 0 Å². The van der Waals surface area contributed by atoms with Crippen molar-refractivity contribution >= 4 is 5.91 Å². The van der Waals surface area contributed by atoms with Gasteiger partial charge in [0.1, 0.15) is 0 Å². The third kappa shape index (κ3) is 2.33. The van der Waals surface area contributed by atoms with Crippen molar-refractivity contribution in [3.05, 3.63) is 35.9 Å². The highest BCUT2D eigenvalue weighted by Gasteiger charge is 2.14. The highest BCUT2D eigenvalue weighted by atomic mass is 16.2. The van der Waals surface area contributed by atoms with Gasteiger partial charge in [-0.25, -0.2) is 5.01 Å². The highest BCUT2D eigenvalue weighted by Crippen LogP contribution is 2.04. The van der Waals surface area contributed by atoms with Gasteiger partial charge in [-0.2, -0.15) is 0 Å². The lowest BCUT2D eigenvalue weighted by molar-refractivity contribution is 0.0230. The van der Waals surface area contributed by atoms with E-state index in [-0.39, 0.29) is 5.91 Å². The molecule has 74 valence electrons.